The number of ether oxygens (including phenoxy) is 1. The van der Waals surface area contributed by atoms with Crippen molar-refractivity contribution in [1.29, 1.82) is 0 Å². The van der Waals surface area contributed by atoms with E-state index in [1.165, 1.54) is 0 Å². The lowest BCUT2D eigenvalue weighted by molar-refractivity contribution is -0.120. The zero-order chi connectivity index (χ0) is 9.56. The van der Waals surface area contributed by atoms with Crippen LogP contribution in [-0.4, -0.2) is 25.0 Å². The van der Waals surface area contributed by atoms with E-state index in [4.69, 9.17) is 4.74 Å². The van der Waals surface area contributed by atoms with Gasteiger partial charge in [0.1, 0.15) is 0 Å². The normalized spacial score (nSPS) is 29.8. The summed E-state index contributed by atoms with van der Waals surface area (Å²) in [6.07, 6.45) is -0.534. The van der Waals surface area contributed by atoms with Crippen molar-refractivity contribution < 1.29 is 9.13 Å². The smallest absolute Gasteiger partial charge is 0.198 e. The minimum Gasteiger partial charge on any atom is -0.342 e. The molecule has 2 nitrogen and oxygen atoms in total. The Kier molecular flexibility index (Phi) is 6.30. The fourth-order valence-electron chi connectivity index (χ4n) is 0.902. The largest absolute Gasteiger partial charge is 0.342 e. The van der Waals surface area contributed by atoms with Crippen molar-refractivity contribution in [2.24, 2.45) is 0 Å². The monoisotopic (exact) mass is 177 g/mol. The van der Waals surface area contributed by atoms with Gasteiger partial charge in [0.2, 0.25) is 0 Å². The van der Waals surface area contributed by atoms with Gasteiger partial charge in [0.15, 0.2) is 6.36 Å². The van der Waals surface area contributed by atoms with Crippen molar-refractivity contribution in [2.75, 3.05) is 6.54 Å². The van der Waals surface area contributed by atoms with E-state index < -0.39 is 6.36 Å². The predicted octanol–water partition coefficient (Wildman–Crippen LogP) is 2.10. The second-order valence-corrected chi connectivity index (χ2v) is 2.69. The maximum absolute atomic E-state index is 12.5. The molecule has 1 fully saturated rings. The molecule has 1 saturated heterocycles. The van der Waals surface area contributed by atoms with Crippen molar-refractivity contribution in [1.82, 2.24) is 5.32 Å². The van der Waals surface area contributed by atoms with E-state index in [0.717, 1.165) is 6.54 Å². The summed E-state index contributed by atoms with van der Waals surface area (Å²) >= 11 is 0. The Morgan fingerprint density at radius 3 is 2.42 bits per heavy atom. The molecule has 1 aliphatic rings. The van der Waals surface area contributed by atoms with Gasteiger partial charge in [-0.05, 0) is 6.92 Å². The van der Waals surface area contributed by atoms with Gasteiger partial charge in [-0.15, -0.1) is 0 Å². The molecule has 0 amide bonds. The van der Waals surface area contributed by atoms with Gasteiger partial charge in [0.25, 0.3) is 0 Å². The SMILES string of the molecule is CC.CCC(F)O[C@H]1CNC1C. The Hall–Kier alpha value is -0.150. The number of hydrogen-bond acceptors (Lipinski definition) is 2. The lowest BCUT2D eigenvalue weighted by Crippen LogP contribution is -2.57. The summed E-state index contributed by atoms with van der Waals surface area (Å²) < 4.78 is 17.5. The lowest BCUT2D eigenvalue weighted by Gasteiger charge is -2.35. The second-order valence-electron chi connectivity index (χ2n) is 2.69. The van der Waals surface area contributed by atoms with Gasteiger partial charge in [0.05, 0.1) is 6.10 Å². The molecule has 0 aromatic carbocycles. The third-order valence-corrected chi connectivity index (χ3v) is 1.84. The zero-order valence-electron chi connectivity index (χ0n) is 8.43. The minimum absolute atomic E-state index is 0.0925. The van der Waals surface area contributed by atoms with Crippen LogP contribution in [-0.2, 0) is 4.74 Å². The van der Waals surface area contributed by atoms with Gasteiger partial charge in [0, 0.05) is 19.0 Å². The molecule has 1 aliphatic heterocycles. The summed E-state index contributed by atoms with van der Waals surface area (Å²) in [4.78, 5) is 0. The van der Waals surface area contributed by atoms with E-state index in [1.807, 2.05) is 20.8 Å². The summed E-state index contributed by atoms with van der Waals surface area (Å²) in [6.45, 7) is 8.57. The van der Waals surface area contributed by atoms with E-state index >= 15 is 0 Å². The van der Waals surface area contributed by atoms with Crippen LogP contribution in [0.5, 0.6) is 0 Å². The first-order valence-corrected chi connectivity index (χ1v) is 4.77. The van der Waals surface area contributed by atoms with Gasteiger partial charge in [-0.2, -0.15) is 0 Å². The Bertz CT molecular complexity index is 111. The molecule has 1 rings (SSSR count). The molecule has 3 atom stereocenters. The van der Waals surface area contributed by atoms with Crippen LogP contribution < -0.4 is 5.32 Å². The third kappa shape index (κ3) is 3.50. The van der Waals surface area contributed by atoms with Crippen molar-refractivity contribution in [3.8, 4) is 0 Å². The summed E-state index contributed by atoms with van der Waals surface area (Å²) in [5.41, 5.74) is 0. The molecule has 0 saturated carbocycles. The molecular weight excluding hydrogens is 157 g/mol. The van der Waals surface area contributed by atoms with Gasteiger partial charge >= 0.3 is 0 Å². The van der Waals surface area contributed by atoms with Gasteiger partial charge in [-0.25, -0.2) is 4.39 Å². The van der Waals surface area contributed by atoms with Crippen LogP contribution in [0.4, 0.5) is 4.39 Å². The average molecular weight is 177 g/mol. The van der Waals surface area contributed by atoms with E-state index in [-0.39, 0.29) is 6.10 Å². The van der Waals surface area contributed by atoms with E-state index in [2.05, 4.69) is 5.32 Å². The maximum atomic E-state index is 12.5. The average Bonchev–Trinajstić information content (AvgIpc) is 2.14. The first-order chi connectivity index (χ1) is 5.74. The third-order valence-electron chi connectivity index (χ3n) is 1.84. The van der Waals surface area contributed by atoms with Gasteiger partial charge < -0.3 is 10.1 Å². The van der Waals surface area contributed by atoms with Crippen molar-refractivity contribution in [2.45, 2.75) is 52.6 Å². The van der Waals surface area contributed by atoms with E-state index in [1.54, 1.807) is 6.92 Å². The molecule has 0 aliphatic carbocycles. The van der Waals surface area contributed by atoms with Crippen LogP contribution in [0.3, 0.4) is 0 Å². The minimum atomic E-state index is -1.07. The molecule has 2 unspecified atom stereocenters. The zero-order valence-corrected chi connectivity index (χ0v) is 8.43. The second kappa shape index (κ2) is 6.38. The molecule has 0 radical (unpaired) electrons. The molecule has 1 heterocycles. The molecule has 1 N–H and O–H groups in total. The van der Waals surface area contributed by atoms with Gasteiger partial charge in [-0.3, -0.25) is 0 Å². The Balaban J connectivity index is 0.000000561. The van der Waals surface area contributed by atoms with Crippen molar-refractivity contribution >= 4 is 0 Å². The van der Waals surface area contributed by atoms with Crippen LogP contribution in [0, 0.1) is 0 Å². The Morgan fingerprint density at radius 1 is 1.58 bits per heavy atom. The number of hydrogen-bond donors (Lipinski definition) is 1. The number of nitrogens with one attached hydrogen (secondary N) is 1. The number of alkyl halides is 1. The molecule has 0 bridgehead atoms. The van der Waals surface area contributed by atoms with Crippen LogP contribution in [0.1, 0.15) is 34.1 Å². The predicted molar refractivity (Wildman–Crippen MR) is 48.9 cm³/mol. The fraction of sp³-hybridized carbons (Fsp3) is 1.00. The topological polar surface area (TPSA) is 21.3 Å². The Labute approximate surface area is 74.5 Å². The van der Waals surface area contributed by atoms with E-state index in [9.17, 15) is 4.39 Å². The van der Waals surface area contributed by atoms with Crippen LogP contribution in [0.25, 0.3) is 0 Å². The first-order valence-electron chi connectivity index (χ1n) is 4.77. The first kappa shape index (κ1) is 11.8. The standard InChI is InChI=1S/C7H14FNO.C2H6/c1-3-7(8)10-6-4-9-5(6)2;1-2/h5-7,9H,3-4H2,1-2H3;1-2H3/t5?,6-,7?;/m0./s1. The summed E-state index contributed by atoms with van der Waals surface area (Å²) in [5.74, 6) is 0. The lowest BCUT2D eigenvalue weighted by atomic mass is 10.1. The molecular formula is C9H20FNO. The van der Waals surface area contributed by atoms with Crippen LogP contribution >= 0.6 is 0 Å². The molecule has 0 aromatic heterocycles. The highest BCUT2D eigenvalue weighted by Crippen LogP contribution is 2.12. The van der Waals surface area contributed by atoms with E-state index in [0.29, 0.717) is 12.5 Å². The quantitative estimate of drug-likeness (QED) is 0.712. The maximum Gasteiger partial charge on any atom is 0.198 e. The number of halogens is 1. The van der Waals surface area contributed by atoms with Crippen molar-refractivity contribution in [3.05, 3.63) is 0 Å². The highest BCUT2D eigenvalue weighted by molar-refractivity contribution is 4.85. The van der Waals surface area contributed by atoms with Gasteiger partial charge in [-0.1, -0.05) is 20.8 Å². The highest BCUT2D eigenvalue weighted by atomic mass is 19.1. The molecule has 74 valence electrons. The molecule has 3 heteroatoms. The summed E-state index contributed by atoms with van der Waals surface area (Å²) in [5, 5.41) is 3.10. The summed E-state index contributed by atoms with van der Waals surface area (Å²) in [7, 11) is 0. The summed E-state index contributed by atoms with van der Waals surface area (Å²) in [6, 6.07) is 0.324. The van der Waals surface area contributed by atoms with Crippen LogP contribution in [0.2, 0.25) is 0 Å². The highest BCUT2D eigenvalue weighted by Gasteiger charge is 2.28. The molecule has 0 aromatic rings. The number of rotatable bonds is 3. The fourth-order valence-corrected chi connectivity index (χ4v) is 0.902. The molecule has 12 heavy (non-hydrogen) atoms. The Morgan fingerprint density at radius 2 is 2.17 bits per heavy atom. The van der Waals surface area contributed by atoms with Crippen molar-refractivity contribution in [3.63, 3.8) is 0 Å². The molecule has 0 spiro atoms. The van der Waals surface area contributed by atoms with Crippen LogP contribution in [0.15, 0.2) is 0 Å².